The molecular formula is C19H16FNO. The highest BCUT2D eigenvalue weighted by Gasteiger charge is 2.06. The largest absolute Gasteiger partial charge is 0.326 e. The molecule has 3 rings (SSSR count). The van der Waals surface area contributed by atoms with Crippen LogP contribution in [-0.2, 0) is 11.2 Å². The van der Waals surface area contributed by atoms with Crippen molar-refractivity contribution >= 4 is 22.4 Å². The van der Waals surface area contributed by atoms with Gasteiger partial charge >= 0.3 is 0 Å². The van der Waals surface area contributed by atoms with Crippen LogP contribution in [0.15, 0.2) is 66.7 Å². The van der Waals surface area contributed by atoms with E-state index in [9.17, 15) is 9.18 Å². The van der Waals surface area contributed by atoms with Crippen molar-refractivity contribution < 1.29 is 9.18 Å². The number of halogens is 1. The summed E-state index contributed by atoms with van der Waals surface area (Å²) in [6.07, 6.45) is 0.653. The number of amides is 1. The third-order valence-electron chi connectivity index (χ3n) is 3.61. The minimum absolute atomic E-state index is 0.112. The summed E-state index contributed by atoms with van der Waals surface area (Å²) < 4.78 is 13.5. The van der Waals surface area contributed by atoms with E-state index in [1.54, 1.807) is 18.2 Å². The molecule has 0 spiro atoms. The molecular weight excluding hydrogens is 277 g/mol. The highest BCUT2D eigenvalue weighted by molar-refractivity contribution is 5.94. The minimum atomic E-state index is -0.263. The van der Waals surface area contributed by atoms with Crippen molar-refractivity contribution in [3.05, 3.63) is 78.1 Å². The second-order valence-electron chi connectivity index (χ2n) is 5.20. The average molecular weight is 293 g/mol. The van der Waals surface area contributed by atoms with Gasteiger partial charge in [0, 0.05) is 12.1 Å². The van der Waals surface area contributed by atoms with Crippen molar-refractivity contribution in [2.24, 2.45) is 0 Å². The molecule has 3 heteroatoms. The molecule has 0 unspecified atom stereocenters. The molecule has 0 aliphatic heterocycles. The number of nitrogens with one attached hydrogen (secondary N) is 1. The number of hydrogen-bond donors (Lipinski definition) is 1. The molecule has 22 heavy (non-hydrogen) atoms. The van der Waals surface area contributed by atoms with Crippen molar-refractivity contribution in [2.45, 2.75) is 12.8 Å². The van der Waals surface area contributed by atoms with E-state index in [-0.39, 0.29) is 18.1 Å². The third-order valence-corrected chi connectivity index (χ3v) is 3.61. The summed E-state index contributed by atoms with van der Waals surface area (Å²) in [5.74, 6) is -0.375. The van der Waals surface area contributed by atoms with E-state index in [1.807, 2.05) is 42.5 Å². The maximum Gasteiger partial charge on any atom is 0.224 e. The quantitative estimate of drug-likeness (QED) is 0.751. The first-order valence-electron chi connectivity index (χ1n) is 7.24. The lowest BCUT2D eigenvalue weighted by molar-refractivity contribution is -0.116. The smallest absolute Gasteiger partial charge is 0.224 e. The monoisotopic (exact) mass is 293 g/mol. The number of carbonyl (C=O) groups is 1. The molecule has 0 saturated heterocycles. The Kier molecular flexibility index (Phi) is 4.15. The normalized spacial score (nSPS) is 10.6. The van der Waals surface area contributed by atoms with E-state index in [0.717, 1.165) is 16.5 Å². The summed E-state index contributed by atoms with van der Waals surface area (Å²) in [6.45, 7) is 0. The summed E-state index contributed by atoms with van der Waals surface area (Å²) >= 11 is 0. The lowest BCUT2D eigenvalue weighted by Crippen LogP contribution is -2.12. The molecule has 3 aromatic carbocycles. The zero-order valence-corrected chi connectivity index (χ0v) is 12.1. The Morgan fingerprint density at radius 3 is 2.45 bits per heavy atom. The lowest BCUT2D eigenvalue weighted by Gasteiger charge is -2.07. The molecule has 0 bridgehead atoms. The molecule has 0 aliphatic carbocycles. The van der Waals surface area contributed by atoms with Crippen molar-refractivity contribution in [3.8, 4) is 0 Å². The van der Waals surface area contributed by atoms with Crippen LogP contribution in [0.1, 0.15) is 12.0 Å². The highest BCUT2D eigenvalue weighted by atomic mass is 19.1. The molecule has 1 N–H and O–H groups in total. The molecule has 0 heterocycles. The number of fused-ring (bicyclic) bond motifs is 1. The molecule has 1 amide bonds. The number of anilines is 1. The molecule has 0 saturated carbocycles. The summed E-state index contributed by atoms with van der Waals surface area (Å²) in [6, 6.07) is 20.3. The van der Waals surface area contributed by atoms with E-state index in [4.69, 9.17) is 0 Å². The van der Waals surface area contributed by atoms with E-state index in [0.29, 0.717) is 12.0 Å². The van der Waals surface area contributed by atoms with Gasteiger partial charge in [-0.3, -0.25) is 4.79 Å². The van der Waals surface area contributed by atoms with E-state index in [2.05, 4.69) is 5.32 Å². The van der Waals surface area contributed by atoms with Gasteiger partial charge in [-0.2, -0.15) is 0 Å². The fourth-order valence-corrected chi connectivity index (χ4v) is 2.44. The molecule has 3 aromatic rings. The molecule has 2 nitrogen and oxygen atoms in total. The minimum Gasteiger partial charge on any atom is -0.326 e. The molecule has 0 fully saturated rings. The fourth-order valence-electron chi connectivity index (χ4n) is 2.44. The Morgan fingerprint density at radius 2 is 1.64 bits per heavy atom. The zero-order valence-electron chi connectivity index (χ0n) is 12.1. The van der Waals surface area contributed by atoms with Crippen molar-refractivity contribution in [2.75, 3.05) is 5.32 Å². The molecule has 110 valence electrons. The number of aryl methyl sites for hydroxylation is 1. The molecule has 0 atom stereocenters. The van der Waals surface area contributed by atoms with Gasteiger partial charge in [0.1, 0.15) is 5.82 Å². The third kappa shape index (κ3) is 3.31. The SMILES string of the molecule is O=C(CCc1ccccc1F)Nc1ccc2ccccc2c1. The maximum absolute atomic E-state index is 13.5. The van der Waals surface area contributed by atoms with E-state index in [1.165, 1.54) is 6.07 Å². The van der Waals surface area contributed by atoms with Crippen LogP contribution in [0, 0.1) is 5.82 Å². The van der Waals surface area contributed by atoms with Crippen LogP contribution in [0.3, 0.4) is 0 Å². The average Bonchev–Trinajstić information content (AvgIpc) is 2.54. The van der Waals surface area contributed by atoms with Crippen LogP contribution in [0.4, 0.5) is 10.1 Å². The van der Waals surface area contributed by atoms with Crippen molar-refractivity contribution in [1.82, 2.24) is 0 Å². The Hall–Kier alpha value is -2.68. The standard InChI is InChI=1S/C19H16FNO/c20-18-8-4-3-6-15(18)10-12-19(22)21-17-11-9-14-5-1-2-7-16(14)13-17/h1-9,11,13H,10,12H2,(H,21,22). The zero-order chi connectivity index (χ0) is 15.4. The summed E-state index contributed by atoms with van der Waals surface area (Å²) in [7, 11) is 0. The van der Waals surface area contributed by atoms with E-state index >= 15 is 0 Å². The highest BCUT2D eigenvalue weighted by Crippen LogP contribution is 2.19. The first-order chi connectivity index (χ1) is 10.7. The Labute approximate surface area is 128 Å². The predicted octanol–water partition coefficient (Wildman–Crippen LogP) is 4.55. The van der Waals surface area contributed by atoms with Gasteiger partial charge in [-0.05, 0) is 41.0 Å². The fraction of sp³-hybridized carbons (Fsp3) is 0.105. The topological polar surface area (TPSA) is 29.1 Å². The second kappa shape index (κ2) is 6.39. The van der Waals surface area contributed by atoms with Gasteiger partial charge in [-0.1, -0.05) is 48.5 Å². The lowest BCUT2D eigenvalue weighted by atomic mass is 10.1. The summed E-state index contributed by atoms with van der Waals surface area (Å²) in [4.78, 5) is 12.0. The van der Waals surface area contributed by atoms with Crippen molar-refractivity contribution in [1.29, 1.82) is 0 Å². The van der Waals surface area contributed by atoms with Gasteiger partial charge in [0.2, 0.25) is 5.91 Å². The summed E-state index contributed by atoms with van der Waals surface area (Å²) in [5.41, 5.74) is 1.33. The predicted molar refractivity (Wildman–Crippen MR) is 87.3 cm³/mol. The van der Waals surface area contributed by atoms with Gasteiger partial charge in [0.25, 0.3) is 0 Å². The number of benzene rings is 3. The van der Waals surface area contributed by atoms with Gasteiger partial charge < -0.3 is 5.32 Å². The van der Waals surface area contributed by atoms with Crippen LogP contribution in [-0.4, -0.2) is 5.91 Å². The van der Waals surface area contributed by atoms with Gasteiger partial charge in [0.15, 0.2) is 0 Å². The first-order valence-corrected chi connectivity index (χ1v) is 7.24. The Bertz CT molecular complexity index is 813. The number of hydrogen-bond acceptors (Lipinski definition) is 1. The van der Waals surface area contributed by atoms with Crippen LogP contribution in [0.25, 0.3) is 10.8 Å². The Morgan fingerprint density at radius 1 is 0.909 bits per heavy atom. The molecule has 0 radical (unpaired) electrons. The number of carbonyl (C=O) groups excluding carboxylic acids is 1. The first kappa shape index (κ1) is 14.3. The number of rotatable bonds is 4. The van der Waals surface area contributed by atoms with Crippen LogP contribution in [0.5, 0.6) is 0 Å². The van der Waals surface area contributed by atoms with Gasteiger partial charge in [-0.25, -0.2) is 4.39 Å². The van der Waals surface area contributed by atoms with Crippen LogP contribution < -0.4 is 5.32 Å². The maximum atomic E-state index is 13.5. The van der Waals surface area contributed by atoms with Crippen LogP contribution >= 0.6 is 0 Å². The molecule has 0 aliphatic rings. The second-order valence-corrected chi connectivity index (χ2v) is 5.20. The van der Waals surface area contributed by atoms with Crippen LogP contribution in [0.2, 0.25) is 0 Å². The van der Waals surface area contributed by atoms with Crippen molar-refractivity contribution in [3.63, 3.8) is 0 Å². The summed E-state index contributed by atoms with van der Waals surface area (Å²) in [5, 5.41) is 5.07. The Balaban J connectivity index is 1.64. The van der Waals surface area contributed by atoms with E-state index < -0.39 is 0 Å². The van der Waals surface area contributed by atoms with Gasteiger partial charge in [0.05, 0.1) is 0 Å². The van der Waals surface area contributed by atoms with Gasteiger partial charge in [-0.15, -0.1) is 0 Å². The molecule has 0 aromatic heterocycles.